The Hall–Kier alpha value is -0.0800. The molecule has 1 rings (SSSR count). The molecule has 0 aliphatic carbocycles. The van der Waals surface area contributed by atoms with E-state index < -0.39 is 0 Å². The van der Waals surface area contributed by atoms with Crippen LogP contribution >= 0.6 is 24.0 Å². The lowest BCUT2D eigenvalue weighted by Gasteiger charge is -2.21. The van der Waals surface area contributed by atoms with Gasteiger partial charge in [-0.3, -0.25) is 9.89 Å². The molecule has 0 saturated carbocycles. The van der Waals surface area contributed by atoms with Gasteiger partial charge in [0.25, 0.3) is 0 Å². The summed E-state index contributed by atoms with van der Waals surface area (Å²) in [6.45, 7) is 16.2. The summed E-state index contributed by atoms with van der Waals surface area (Å²) in [5, 5.41) is 6.89. The fourth-order valence-electron chi connectivity index (χ4n) is 2.48. The van der Waals surface area contributed by atoms with E-state index in [-0.39, 0.29) is 24.0 Å². The number of aliphatic imine (C=N–C) groups is 1. The number of nitrogens with one attached hydrogen (secondary N) is 2. The van der Waals surface area contributed by atoms with Gasteiger partial charge in [-0.2, -0.15) is 0 Å². The van der Waals surface area contributed by atoms with Crippen molar-refractivity contribution in [3.63, 3.8) is 0 Å². The number of halogens is 1. The molecule has 0 aromatic carbocycles. The van der Waals surface area contributed by atoms with Gasteiger partial charge in [-0.15, -0.1) is 24.0 Å². The van der Waals surface area contributed by atoms with Crippen molar-refractivity contribution >= 4 is 29.9 Å². The zero-order valence-electron chi connectivity index (χ0n) is 14.2. The van der Waals surface area contributed by atoms with Crippen LogP contribution in [-0.4, -0.2) is 62.3 Å². The molecule has 1 saturated heterocycles. The van der Waals surface area contributed by atoms with E-state index in [0.717, 1.165) is 32.2 Å². The first-order valence-corrected chi connectivity index (χ1v) is 7.95. The summed E-state index contributed by atoms with van der Waals surface area (Å²) in [5.41, 5.74) is 0. The normalized spacial score (nSPS) is 23.2. The van der Waals surface area contributed by atoms with E-state index in [4.69, 9.17) is 4.74 Å². The zero-order chi connectivity index (χ0) is 15.0. The first kappa shape index (κ1) is 20.9. The third kappa shape index (κ3) is 7.65. The Balaban J connectivity index is 0.00000400. The highest BCUT2D eigenvalue weighted by Crippen LogP contribution is 2.18. The van der Waals surface area contributed by atoms with Crippen LogP contribution in [0.4, 0.5) is 0 Å². The maximum Gasteiger partial charge on any atom is 0.191 e. The largest absolute Gasteiger partial charge is 0.380 e. The smallest absolute Gasteiger partial charge is 0.191 e. The van der Waals surface area contributed by atoms with E-state index in [0.29, 0.717) is 31.2 Å². The molecule has 0 aromatic rings. The number of nitrogens with zero attached hydrogens (tertiary/aromatic N) is 2. The van der Waals surface area contributed by atoms with Crippen LogP contribution in [-0.2, 0) is 4.74 Å². The molecule has 0 amide bonds. The topological polar surface area (TPSA) is 48.9 Å². The Morgan fingerprint density at radius 1 is 1.33 bits per heavy atom. The lowest BCUT2D eigenvalue weighted by molar-refractivity contribution is 0.155. The molecule has 126 valence electrons. The monoisotopic (exact) mass is 412 g/mol. The summed E-state index contributed by atoms with van der Waals surface area (Å²) in [6, 6.07) is 1.09. The summed E-state index contributed by atoms with van der Waals surface area (Å²) < 4.78 is 5.33. The number of rotatable bonds is 7. The van der Waals surface area contributed by atoms with Gasteiger partial charge in [-0.05, 0) is 33.6 Å². The molecule has 1 aliphatic rings. The van der Waals surface area contributed by atoms with Crippen LogP contribution in [0.25, 0.3) is 0 Å². The van der Waals surface area contributed by atoms with Crippen LogP contribution < -0.4 is 10.6 Å². The molecular formula is C15H33IN4O. The molecule has 5 nitrogen and oxygen atoms in total. The molecular weight excluding hydrogens is 379 g/mol. The Bertz CT molecular complexity index is 299. The van der Waals surface area contributed by atoms with E-state index in [1.807, 2.05) is 6.92 Å². The SMILES string of the molecule is CCNC(=NCCOCC)NC1CN(C(C)C)CC1C.I. The summed E-state index contributed by atoms with van der Waals surface area (Å²) in [5.74, 6) is 1.56. The highest BCUT2D eigenvalue weighted by Gasteiger charge is 2.31. The first-order valence-electron chi connectivity index (χ1n) is 7.95. The summed E-state index contributed by atoms with van der Waals surface area (Å²) in [6.07, 6.45) is 0. The van der Waals surface area contributed by atoms with Crippen LogP contribution in [0.1, 0.15) is 34.6 Å². The molecule has 0 bridgehead atoms. The molecule has 1 heterocycles. The lowest BCUT2D eigenvalue weighted by atomic mass is 10.1. The fourth-order valence-corrected chi connectivity index (χ4v) is 2.48. The minimum Gasteiger partial charge on any atom is -0.380 e. The quantitative estimate of drug-likeness (QED) is 0.290. The molecule has 0 radical (unpaired) electrons. The van der Waals surface area contributed by atoms with Gasteiger partial charge in [0.1, 0.15) is 0 Å². The van der Waals surface area contributed by atoms with Gasteiger partial charge < -0.3 is 15.4 Å². The van der Waals surface area contributed by atoms with E-state index in [1.165, 1.54) is 0 Å². The number of likely N-dealkylation sites (tertiary alicyclic amines) is 1. The van der Waals surface area contributed by atoms with Crippen molar-refractivity contribution < 1.29 is 4.74 Å². The second-order valence-electron chi connectivity index (χ2n) is 5.73. The van der Waals surface area contributed by atoms with Gasteiger partial charge in [0.15, 0.2) is 5.96 Å². The predicted octanol–water partition coefficient (Wildman–Crippen LogP) is 1.92. The molecule has 2 atom stereocenters. The van der Waals surface area contributed by atoms with Crippen molar-refractivity contribution in [3.05, 3.63) is 0 Å². The zero-order valence-corrected chi connectivity index (χ0v) is 16.5. The van der Waals surface area contributed by atoms with Gasteiger partial charge in [-0.25, -0.2) is 0 Å². The standard InChI is InChI=1S/C15H32N4O.HI/c1-6-16-15(17-8-9-20-7-2)18-14-11-19(12(3)4)10-13(14)5;/h12-14H,6-11H2,1-5H3,(H2,16,17,18);1H. The maximum atomic E-state index is 5.33. The second-order valence-corrected chi connectivity index (χ2v) is 5.73. The fraction of sp³-hybridized carbons (Fsp3) is 0.933. The Morgan fingerprint density at radius 2 is 2.05 bits per heavy atom. The maximum absolute atomic E-state index is 5.33. The van der Waals surface area contributed by atoms with Gasteiger partial charge in [-0.1, -0.05) is 6.92 Å². The number of hydrogen-bond acceptors (Lipinski definition) is 3. The van der Waals surface area contributed by atoms with Gasteiger partial charge in [0.05, 0.1) is 13.2 Å². The van der Waals surface area contributed by atoms with Crippen molar-refractivity contribution in [2.45, 2.75) is 46.7 Å². The van der Waals surface area contributed by atoms with Crippen LogP contribution in [0.15, 0.2) is 4.99 Å². The van der Waals surface area contributed by atoms with Crippen LogP contribution in [0, 0.1) is 5.92 Å². The highest BCUT2D eigenvalue weighted by atomic mass is 127. The molecule has 2 N–H and O–H groups in total. The Kier molecular flexibility index (Phi) is 11.4. The number of guanidine groups is 1. The predicted molar refractivity (Wildman–Crippen MR) is 101 cm³/mol. The molecule has 1 aliphatic heterocycles. The minimum atomic E-state index is 0. The van der Waals surface area contributed by atoms with Crippen LogP contribution in [0.5, 0.6) is 0 Å². The summed E-state index contributed by atoms with van der Waals surface area (Å²) in [4.78, 5) is 7.09. The van der Waals surface area contributed by atoms with Gasteiger partial charge >= 0.3 is 0 Å². The van der Waals surface area contributed by atoms with Crippen LogP contribution in [0.2, 0.25) is 0 Å². The van der Waals surface area contributed by atoms with Crippen molar-refractivity contribution in [1.29, 1.82) is 0 Å². The molecule has 2 unspecified atom stereocenters. The van der Waals surface area contributed by atoms with E-state index in [9.17, 15) is 0 Å². The van der Waals surface area contributed by atoms with E-state index in [1.54, 1.807) is 0 Å². The first-order chi connectivity index (χ1) is 9.58. The second kappa shape index (κ2) is 11.5. The number of hydrogen-bond donors (Lipinski definition) is 2. The number of ether oxygens (including phenoxy) is 1. The highest BCUT2D eigenvalue weighted by molar-refractivity contribution is 14.0. The van der Waals surface area contributed by atoms with Gasteiger partial charge in [0, 0.05) is 38.3 Å². The summed E-state index contributed by atoms with van der Waals surface area (Å²) in [7, 11) is 0. The van der Waals surface area contributed by atoms with E-state index >= 15 is 0 Å². The molecule has 0 spiro atoms. The molecule has 6 heteroatoms. The molecule has 21 heavy (non-hydrogen) atoms. The van der Waals surface area contributed by atoms with Crippen LogP contribution in [0.3, 0.4) is 0 Å². The Labute approximate surface area is 147 Å². The van der Waals surface area contributed by atoms with Crippen molar-refractivity contribution in [3.8, 4) is 0 Å². The van der Waals surface area contributed by atoms with Gasteiger partial charge in [0.2, 0.25) is 0 Å². The molecule has 1 fully saturated rings. The van der Waals surface area contributed by atoms with E-state index in [2.05, 4.69) is 48.2 Å². The third-order valence-corrected chi connectivity index (χ3v) is 3.75. The lowest BCUT2D eigenvalue weighted by Crippen LogP contribution is -2.47. The van der Waals surface area contributed by atoms with Crippen molar-refractivity contribution in [2.24, 2.45) is 10.9 Å². The average Bonchev–Trinajstić information content (AvgIpc) is 2.76. The van der Waals surface area contributed by atoms with Crippen molar-refractivity contribution in [1.82, 2.24) is 15.5 Å². The van der Waals surface area contributed by atoms with Crippen molar-refractivity contribution in [2.75, 3.05) is 39.4 Å². The summed E-state index contributed by atoms with van der Waals surface area (Å²) >= 11 is 0. The molecule has 0 aromatic heterocycles. The third-order valence-electron chi connectivity index (χ3n) is 3.75. The average molecular weight is 412 g/mol. The minimum absolute atomic E-state index is 0. The Morgan fingerprint density at radius 3 is 2.57 bits per heavy atom.